The molecule has 1 aliphatic rings. The van der Waals surface area contributed by atoms with Crippen LogP contribution in [0, 0.1) is 11.7 Å². The molecule has 94 valence electrons. The van der Waals surface area contributed by atoms with Gasteiger partial charge >= 0.3 is 0 Å². The van der Waals surface area contributed by atoms with E-state index in [1.165, 1.54) is 31.7 Å². The molecular formula is C14H20FNO. The smallest absolute Gasteiger partial charge is 0.131 e. The number of halogens is 1. The molecule has 2 nitrogen and oxygen atoms in total. The summed E-state index contributed by atoms with van der Waals surface area (Å²) in [6.45, 7) is 0. The molecule has 0 heterocycles. The Bertz CT molecular complexity index is 374. The summed E-state index contributed by atoms with van der Waals surface area (Å²) >= 11 is 0. The van der Waals surface area contributed by atoms with Crippen LogP contribution in [0.1, 0.15) is 37.3 Å². The fraction of sp³-hybridized carbons (Fsp3) is 0.571. The molecule has 0 amide bonds. The molecule has 0 spiro atoms. The lowest BCUT2D eigenvalue weighted by molar-refractivity contribution is 0.347. The second-order valence-corrected chi connectivity index (χ2v) is 4.67. The maximum absolute atomic E-state index is 14.0. The third kappa shape index (κ3) is 2.44. The minimum atomic E-state index is -0.171. The zero-order valence-corrected chi connectivity index (χ0v) is 10.5. The van der Waals surface area contributed by atoms with Gasteiger partial charge in [0.15, 0.2) is 0 Å². The van der Waals surface area contributed by atoms with Gasteiger partial charge in [0.1, 0.15) is 11.6 Å². The normalized spacial score (nSPS) is 18.3. The van der Waals surface area contributed by atoms with E-state index in [1.54, 1.807) is 13.2 Å². The molecule has 0 saturated heterocycles. The number of hydrogen-bond donors (Lipinski definition) is 1. The summed E-state index contributed by atoms with van der Waals surface area (Å²) in [7, 11) is 3.49. The average molecular weight is 237 g/mol. The van der Waals surface area contributed by atoms with Crippen LogP contribution in [0.5, 0.6) is 5.75 Å². The lowest BCUT2D eigenvalue weighted by atomic mass is 9.91. The van der Waals surface area contributed by atoms with E-state index in [0.29, 0.717) is 17.2 Å². The van der Waals surface area contributed by atoms with E-state index in [1.807, 2.05) is 13.1 Å². The van der Waals surface area contributed by atoms with E-state index in [9.17, 15) is 4.39 Å². The maximum atomic E-state index is 14.0. The molecule has 1 N–H and O–H groups in total. The fourth-order valence-electron chi connectivity index (χ4n) is 2.90. The highest BCUT2D eigenvalue weighted by atomic mass is 19.1. The number of hydrogen-bond acceptors (Lipinski definition) is 2. The van der Waals surface area contributed by atoms with Gasteiger partial charge in [-0.3, -0.25) is 0 Å². The number of nitrogens with one attached hydrogen (secondary N) is 1. The van der Waals surface area contributed by atoms with Gasteiger partial charge in [-0.15, -0.1) is 0 Å². The van der Waals surface area contributed by atoms with Crippen molar-refractivity contribution in [1.29, 1.82) is 0 Å². The molecule has 1 aromatic carbocycles. The topological polar surface area (TPSA) is 21.3 Å². The van der Waals surface area contributed by atoms with E-state index >= 15 is 0 Å². The molecule has 0 bridgehead atoms. The van der Waals surface area contributed by atoms with Crippen LogP contribution >= 0.6 is 0 Å². The first-order valence-electron chi connectivity index (χ1n) is 6.27. The number of rotatable bonds is 4. The zero-order valence-electron chi connectivity index (χ0n) is 10.5. The molecule has 0 aliphatic heterocycles. The van der Waals surface area contributed by atoms with Gasteiger partial charge in [-0.2, -0.15) is 0 Å². The lowest BCUT2D eigenvalue weighted by Crippen LogP contribution is -2.25. The first-order chi connectivity index (χ1) is 8.27. The predicted molar refractivity (Wildman–Crippen MR) is 66.7 cm³/mol. The Morgan fingerprint density at radius 3 is 2.65 bits per heavy atom. The van der Waals surface area contributed by atoms with Crippen molar-refractivity contribution < 1.29 is 9.13 Å². The van der Waals surface area contributed by atoms with E-state index < -0.39 is 0 Å². The predicted octanol–water partition coefficient (Wildman–Crippen LogP) is 3.29. The van der Waals surface area contributed by atoms with Crippen molar-refractivity contribution >= 4 is 0 Å². The molecule has 1 aliphatic carbocycles. The minimum absolute atomic E-state index is 0.0636. The van der Waals surface area contributed by atoms with Gasteiger partial charge in [-0.05, 0) is 37.9 Å². The van der Waals surface area contributed by atoms with Gasteiger partial charge in [-0.25, -0.2) is 4.39 Å². The van der Waals surface area contributed by atoms with Crippen molar-refractivity contribution in [3.05, 3.63) is 29.6 Å². The number of ether oxygens (including phenoxy) is 1. The first kappa shape index (κ1) is 12.4. The first-order valence-corrected chi connectivity index (χ1v) is 6.27. The number of benzene rings is 1. The van der Waals surface area contributed by atoms with Crippen molar-refractivity contribution in [1.82, 2.24) is 5.32 Å². The van der Waals surface area contributed by atoms with Gasteiger partial charge in [0, 0.05) is 11.6 Å². The molecule has 3 heteroatoms. The highest BCUT2D eigenvalue weighted by Gasteiger charge is 2.29. The van der Waals surface area contributed by atoms with Crippen molar-refractivity contribution in [2.75, 3.05) is 14.2 Å². The van der Waals surface area contributed by atoms with Crippen molar-refractivity contribution in [3.63, 3.8) is 0 Å². The summed E-state index contributed by atoms with van der Waals surface area (Å²) < 4.78 is 19.3. The largest absolute Gasteiger partial charge is 0.496 e. The van der Waals surface area contributed by atoms with E-state index in [-0.39, 0.29) is 11.9 Å². The molecule has 1 saturated carbocycles. The van der Waals surface area contributed by atoms with Crippen LogP contribution < -0.4 is 10.1 Å². The van der Waals surface area contributed by atoms with Gasteiger partial charge in [0.25, 0.3) is 0 Å². The highest BCUT2D eigenvalue weighted by molar-refractivity contribution is 5.37. The lowest BCUT2D eigenvalue weighted by Gasteiger charge is -2.25. The quantitative estimate of drug-likeness (QED) is 0.867. The zero-order chi connectivity index (χ0) is 12.3. The Morgan fingerprint density at radius 2 is 2.06 bits per heavy atom. The van der Waals surface area contributed by atoms with Crippen LogP contribution in [0.25, 0.3) is 0 Å². The highest BCUT2D eigenvalue weighted by Crippen LogP contribution is 2.39. The monoisotopic (exact) mass is 237 g/mol. The third-order valence-corrected chi connectivity index (χ3v) is 3.73. The molecule has 1 atom stereocenters. The fourth-order valence-corrected chi connectivity index (χ4v) is 2.90. The Balaban J connectivity index is 2.35. The minimum Gasteiger partial charge on any atom is -0.496 e. The Hall–Kier alpha value is -1.09. The molecule has 0 radical (unpaired) electrons. The second-order valence-electron chi connectivity index (χ2n) is 4.67. The molecule has 2 rings (SSSR count). The van der Waals surface area contributed by atoms with Crippen LogP contribution in [0.15, 0.2) is 18.2 Å². The van der Waals surface area contributed by atoms with Crippen LogP contribution in [-0.4, -0.2) is 14.2 Å². The summed E-state index contributed by atoms with van der Waals surface area (Å²) in [6.07, 6.45) is 4.84. The van der Waals surface area contributed by atoms with Crippen molar-refractivity contribution in [2.24, 2.45) is 5.92 Å². The van der Waals surface area contributed by atoms with Gasteiger partial charge in [0.05, 0.1) is 7.11 Å². The number of methoxy groups -OCH3 is 1. The molecule has 17 heavy (non-hydrogen) atoms. The van der Waals surface area contributed by atoms with Crippen LogP contribution in [0.4, 0.5) is 4.39 Å². The van der Waals surface area contributed by atoms with Crippen LogP contribution in [0.3, 0.4) is 0 Å². The molecule has 0 aromatic heterocycles. The van der Waals surface area contributed by atoms with E-state index in [2.05, 4.69) is 5.32 Å². The summed E-state index contributed by atoms with van der Waals surface area (Å²) in [5.41, 5.74) is 0.685. The van der Waals surface area contributed by atoms with Gasteiger partial charge < -0.3 is 10.1 Å². The molecule has 1 aromatic rings. The van der Waals surface area contributed by atoms with Gasteiger partial charge in [-0.1, -0.05) is 18.9 Å². The SMILES string of the molecule is CNC(c1c(F)cccc1OC)C1CCCC1. The van der Waals surface area contributed by atoms with E-state index in [0.717, 1.165) is 0 Å². The average Bonchev–Trinajstić information content (AvgIpc) is 2.86. The second kappa shape index (κ2) is 5.50. The Labute approximate surface area is 102 Å². The van der Waals surface area contributed by atoms with Crippen molar-refractivity contribution in [2.45, 2.75) is 31.7 Å². The molecular weight excluding hydrogens is 217 g/mol. The molecule has 1 fully saturated rings. The Morgan fingerprint density at radius 1 is 1.35 bits per heavy atom. The summed E-state index contributed by atoms with van der Waals surface area (Å²) in [5.74, 6) is 0.998. The van der Waals surface area contributed by atoms with Crippen LogP contribution in [-0.2, 0) is 0 Å². The van der Waals surface area contributed by atoms with Crippen LogP contribution in [0.2, 0.25) is 0 Å². The van der Waals surface area contributed by atoms with Gasteiger partial charge in [0.2, 0.25) is 0 Å². The summed E-state index contributed by atoms with van der Waals surface area (Å²) in [6, 6.07) is 5.10. The third-order valence-electron chi connectivity index (χ3n) is 3.73. The van der Waals surface area contributed by atoms with Crippen molar-refractivity contribution in [3.8, 4) is 5.75 Å². The standard InChI is InChI=1S/C14H20FNO/c1-16-14(10-6-3-4-7-10)13-11(15)8-5-9-12(13)17-2/h5,8-10,14,16H,3-4,6-7H2,1-2H3. The Kier molecular flexibility index (Phi) is 4.00. The summed E-state index contributed by atoms with van der Waals surface area (Å²) in [5, 5.41) is 3.26. The summed E-state index contributed by atoms with van der Waals surface area (Å²) in [4.78, 5) is 0. The maximum Gasteiger partial charge on any atom is 0.131 e. The molecule has 1 unspecified atom stereocenters. The van der Waals surface area contributed by atoms with E-state index in [4.69, 9.17) is 4.74 Å².